The van der Waals surface area contributed by atoms with Crippen LogP contribution >= 0.6 is 11.6 Å². The average Bonchev–Trinajstić information content (AvgIpc) is 2.62. The molecule has 2 heterocycles. The van der Waals surface area contributed by atoms with Crippen LogP contribution in [0.3, 0.4) is 0 Å². The fraction of sp³-hybridized carbons (Fsp3) is 0.333. The first kappa shape index (κ1) is 16.7. The molecule has 1 amide bonds. The predicted molar refractivity (Wildman–Crippen MR) is 94.6 cm³/mol. The normalized spacial score (nSPS) is 17.6. The smallest absolute Gasteiger partial charge is 0.257 e. The van der Waals surface area contributed by atoms with E-state index in [1.807, 2.05) is 54.2 Å². The Balaban J connectivity index is 1.80. The number of aromatic nitrogens is 1. The molecule has 3 rings (SSSR count). The van der Waals surface area contributed by atoms with E-state index < -0.39 is 0 Å². The monoisotopic (exact) mass is 345 g/mol. The minimum Gasteiger partial charge on any atom is -0.370 e. The van der Waals surface area contributed by atoms with Crippen LogP contribution in [-0.2, 0) is 4.74 Å². The fourth-order valence-electron chi connectivity index (χ4n) is 2.80. The van der Waals surface area contributed by atoms with Gasteiger partial charge in [0.05, 0.1) is 18.7 Å². The molecule has 0 bridgehead atoms. The van der Waals surface area contributed by atoms with Crippen molar-refractivity contribution < 1.29 is 9.53 Å². The number of rotatable bonds is 3. The zero-order chi connectivity index (χ0) is 17.1. The van der Waals surface area contributed by atoms with Crippen molar-refractivity contribution in [1.82, 2.24) is 9.88 Å². The van der Waals surface area contributed by atoms with E-state index in [1.165, 1.54) is 0 Å². The molecule has 1 aliphatic rings. The number of halogens is 1. The number of amides is 1. The second kappa shape index (κ2) is 7.20. The highest BCUT2D eigenvalue weighted by atomic mass is 35.5. The van der Waals surface area contributed by atoms with Gasteiger partial charge < -0.3 is 14.5 Å². The van der Waals surface area contributed by atoms with Crippen LogP contribution in [0.1, 0.15) is 22.0 Å². The van der Waals surface area contributed by atoms with Crippen molar-refractivity contribution in [2.24, 2.45) is 0 Å². The van der Waals surface area contributed by atoms with Gasteiger partial charge in [0.15, 0.2) is 0 Å². The van der Waals surface area contributed by atoms with Crippen molar-refractivity contribution in [3.8, 4) is 0 Å². The largest absolute Gasteiger partial charge is 0.370 e. The molecular weight excluding hydrogens is 326 g/mol. The summed E-state index contributed by atoms with van der Waals surface area (Å²) in [6.07, 6.45) is 1.56. The summed E-state index contributed by atoms with van der Waals surface area (Å²) in [4.78, 5) is 20.9. The molecule has 0 saturated carbocycles. The van der Waals surface area contributed by atoms with Crippen molar-refractivity contribution in [1.29, 1.82) is 0 Å². The van der Waals surface area contributed by atoms with E-state index in [2.05, 4.69) is 4.98 Å². The van der Waals surface area contributed by atoms with Crippen LogP contribution in [0.2, 0.25) is 5.02 Å². The Bertz CT molecular complexity index is 718. The zero-order valence-corrected chi connectivity index (χ0v) is 14.5. The highest BCUT2D eigenvalue weighted by molar-refractivity contribution is 6.30. The number of carbonyl (C=O) groups excluding carboxylic acids is 1. The summed E-state index contributed by atoms with van der Waals surface area (Å²) < 4.78 is 5.83. The molecule has 1 saturated heterocycles. The maximum absolute atomic E-state index is 12.9. The number of morpholine rings is 1. The topological polar surface area (TPSA) is 45.7 Å². The highest BCUT2D eigenvalue weighted by Crippen LogP contribution is 2.26. The number of hydrogen-bond acceptors (Lipinski definition) is 4. The van der Waals surface area contributed by atoms with Crippen molar-refractivity contribution in [2.45, 2.75) is 6.10 Å². The van der Waals surface area contributed by atoms with Gasteiger partial charge in [-0.2, -0.15) is 0 Å². The summed E-state index contributed by atoms with van der Waals surface area (Å²) in [6, 6.07) is 11.2. The van der Waals surface area contributed by atoms with Gasteiger partial charge in [-0.1, -0.05) is 23.7 Å². The van der Waals surface area contributed by atoms with Crippen LogP contribution in [0.25, 0.3) is 0 Å². The lowest BCUT2D eigenvalue weighted by molar-refractivity contribution is -0.0228. The Morgan fingerprint density at radius 1 is 1.29 bits per heavy atom. The van der Waals surface area contributed by atoms with E-state index in [0.29, 0.717) is 36.1 Å². The Labute approximate surface area is 146 Å². The Kier molecular flexibility index (Phi) is 5.02. The van der Waals surface area contributed by atoms with Gasteiger partial charge in [-0.15, -0.1) is 0 Å². The summed E-state index contributed by atoms with van der Waals surface area (Å²) in [5, 5.41) is 0.688. The van der Waals surface area contributed by atoms with E-state index in [4.69, 9.17) is 16.3 Å². The molecule has 5 nitrogen and oxygen atoms in total. The highest BCUT2D eigenvalue weighted by Gasteiger charge is 2.27. The molecule has 6 heteroatoms. The maximum atomic E-state index is 12.9. The fourth-order valence-corrected chi connectivity index (χ4v) is 2.93. The molecule has 0 N–H and O–H groups in total. The van der Waals surface area contributed by atoms with Crippen LogP contribution in [0.5, 0.6) is 0 Å². The standard InChI is InChI=1S/C18H20ClN3O2/c1-21(2)17-15(4-3-9-20-17)18(23)22-10-11-24-16(12-22)13-5-7-14(19)8-6-13/h3-9,16H,10-12H2,1-2H3/t16-/m1/s1. The summed E-state index contributed by atoms with van der Waals surface area (Å²) in [6.45, 7) is 1.60. The first-order valence-electron chi connectivity index (χ1n) is 7.85. The molecule has 0 radical (unpaired) electrons. The van der Waals surface area contributed by atoms with E-state index in [1.54, 1.807) is 12.3 Å². The number of carbonyl (C=O) groups is 1. The van der Waals surface area contributed by atoms with Crippen molar-refractivity contribution in [3.05, 3.63) is 58.7 Å². The third-order valence-corrected chi connectivity index (χ3v) is 4.29. The second-order valence-corrected chi connectivity index (χ2v) is 6.37. The molecule has 24 heavy (non-hydrogen) atoms. The van der Waals surface area contributed by atoms with E-state index >= 15 is 0 Å². The van der Waals surface area contributed by atoms with E-state index in [0.717, 1.165) is 5.56 Å². The molecule has 126 valence electrons. The minimum absolute atomic E-state index is 0.0194. The Morgan fingerprint density at radius 3 is 2.75 bits per heavy atom. The number of hydrogen-bond donors (Lipinski definition) is 0. The first-order chi connectivity index (χ1) is 11.6. The lowest BCUT2D eigenvalue weighted by atomic mass is 10.1. The number of nitrogens with zero attached hydrogens (tertiary/aromatic N) is 3. The average molecular weight is 346 g/mol. The number of ether oxygens (including phenoxy) is 1. The maximum Gasteiger partial charge on any atom is 0.257 e. The van der Waals surface area contributed by atoms with Crippen LogP contribution < -0.4 is 4.90 Å². The van der Waals surface area contributed by atoms with Gasteiger partial charge in [0.1, 0.15) is 11.9 Å². The lowest BCUT2D eigenvalue weighted by Gasteiger charge is -2.33. The van der Waals surface area contributed by atoms with Gasteiger partial charge in [-0.05, 0) is 29.8 Å². The molecule has 1 aromatic carbocycles. The molecule has 1 atom stereocenters. The van der Waals surface area contributed by atoms with Gasteiger partial charge in [-0.25, -0.2) is 4.98 Å². The summed E-state index contributed by atoms with van der Waals surface area (Å²) in [5.74, 6) is 0.658. The lowest BCUT2D eigenvalue weighted by Crippen LogP contribution is -2.42. The van der Waals surface area contributed by atoms with Crippen LogP contribution in [0, 0.1) is 0 Å². The van der Waals surface area contributed by atoms with E-state index in [9.17, 15) is 4.79 Å². The molecule has 0 aliphatic carbocycles. The van der Waals surface area contributed by atoms with Gasteiger partial charge in [0.25, 0.3) is 5.91 Å². The zero-order valence-electron chi connectivity index (χ0n) is 13.8. The number of anilines is 1. The second-order valence-electron chi connectivity index (χ2n) is 5.93. The molecule has 1 aromatic heterocycles. The van der Waals surface area contributed by atoms with Crippen molar-refractivity contribution >= 4 is 23.3 Å². The van der Waals surface area contributed by atoms with Crippen molar-refractivity contribution in [3.63, 3.8) is 0 Å². The Hall–Kier alpha value is -2.11. The molecule has 0 spiro atoms. The first-order valence-corrected chi connectivity index (χ1v) is 8.22. The molecule has 1 fully saturated rings. The van der Waals surface area contributed by atoms with Crippen LogP contribution in [0.15, 0.2) is 42.6 Å². The quantitative estimate of drug-likeness (QED) is 0.858. The van der Waals surface area contributed by atoms with Crippen LogP contribution in [0.4, 0.5) is 5.82 Å². The van der Waals surface area contributed by atoms with Gasteiger partial charge in [0, 0.05) is 31.9 Å². The molecular formula is C18H20ClN3O2. The predicted octanol–water partition coefficient (Wildman–Crippen LogP) is 3.01. The summed E-state index contributed by atoms with van der Waals surface area (Å²) in [5.41, 5.74) is 1.63. The Morgan fingerprint density at radius 2 is 2.04 bits per heavy atom. The van der Waals surface area contributed by atoms with Crippen molar-refractivity contribution in [2.75, 3.05) is 38.7 Å². The minimum atomic E-state index is -0.139. The summed E-state index contributed by atoms with van der Waals surface area (Å²) >= 11 is 5.94. The van der Waals surface area contributed by atoms with Crippen LogP contribution in [-0.4, -0.2) is 49.6 Å². The molecule has 2 aromatic rings. The third-order valence-electron chi connectivity index (χ3n) is 4.04. The third kappa shape index (κ3) is 3.52. The van der Waals surface area contributed by atoms with Gasteiger partial charge >= 0.3 is 0 Å². The number of benzene rings is 1. The van der Waals surface area contributed by atoms with E-state index in [-0.39, 0.29) is 12.0 Å². The van der Waals surface area contributed by atoms with Gasteiger partial charge in [0.2, 0.25) is 0 Å². The van der Waals surface area contributed by atoms with Gasteiger partial charge in [-0.3, -0.25) is 4.79 Å². The SMILES string of the molecule is CN(C)c1ncccc1C(=O)N1CCO[C@@H](c2ccc(Cl)cc2)C1. The number of pyridine rings is 1. The summed E-state index contributed by atoms with van der Waals surface area (Å²) in [7, 11) is 3.77. The molecule has 1 aliphatic heterocycles. The molecule has 0 unspecified atom stereocenters.